The largest absolute Gasteiger partial charge is 0.312 e. The van der Waals surface area contributed by atoms with Crippen molar-refractivity contribution in [1.82, 2.24) is 10.2 Å². The summed E-state index contributed by atoms with van der Waals surface area (Å²) in [6, 6.07) is 6.99. The van der Waals surface area contributed by atoms with Gasteiger partial charge in [-0.1, -0.05) is 25.1 Å². The second-order valence-electron chi connectivity index (χ2n) is 5.41. The van der Waals surface area contributed by atoms with Gasteiger partial charge in [0.2, 0.25) is 0 Å². The van der Waals surface area contributed by atoms with E-state index in [0.29, 0.717) is 0 Å². The highest BCUT2D eigenvalue weighted by Gasteiger charge is 2.24. The minimum absolute atomic E-state index is 0.0158. The van der Waals surface area contributed by atoms with Crippen molar-refractivity contribution in [1.29, 1.82) is 0 Å². The van der Waals surface area contributed by atoms with E-state index < -0.39 is 0 Å². The second kappa shape index (κ2) is 6.30. The second-order valence-corrected chi connectivity index (χ2v) is 5.41. The number of likely N-dealkylation sites (N-methyl/N-ethyl adjacent to an activating group) is 2. The highest BCUT2D eigenvalue weighted by atomic mass is 19.1. The van der Waals surface area contributed by atoms with E-state index in [1.54, 1.807) is 6.07 Å². The van der Waals surface area contributed by atoms with Crippen molar-refractivity contribution in [2.45, 2.75) is 38.8 Å². The Balaban J connectivity index is 2.83. The molecule has 102 valence electrons. The summed E-state index contributed by atoms with van der Waals surface area (Å²) in [5, 5.41) is 3.20. The highest BCUT2D eigenvalue weighted by Crippen LogP contribution is 2.22. The minimum Gasteiger partial charge on any atom is -0.312 e. The fourth-order valence-corrected chi connectivity index (χ4v) is 1.89. The molecule has 1 N–H and O–H groups in total. The number of halogens is 1. The standard InChI is InChI=1S/C15H25FN2/c1-6-15(2,3)18(5)11-14(17-4)12-9-7-8-10-13(12)16/h7-10,14,17H,6,11H2,1-5H3. The number of nitrogens with one attached hydrogen (secondary N) is 1. The monoisotopic (exact) mass is 252 g/mol. The van der Waals surface area contributed by atoms with Crippen molar-refractivity contribution in [2.75, 3.05) is 20.6 Å². The van der Waals surface area contributed by atoms with E-state index in [1.807, 2.05) is 19.2 Å². The van der Waals surface area contributed by atoms with Gasteiger partial charge < -0.3 is 5.32 Å². The highest BCUT2D eigenvalue weighted by molar-refractivity contribution is 5.21. The van der Waals surface area contributed by atoms with E-state index in [2.05, 4.69) is 38.0 Å². The maximum Gasteiger partial charge on any atom is 0.128 e. The van der Waals surface area contributed by atoms with Crippen LogP contribution >= 0.6 is 0 Å². The van der Waals surface area contributed by atoms with Crippen molar-refractivity contribution in [3.05, 3.63) is 35.6 Å². The smallest absolute Gasteiger partial charge is 0.128 e. The van der Waals surface area contributed by atoms with Crippen LogP contribution in [0.4, 0.5) is 4.39 Å². The Morgan fingerprint density at radius 3 is 2.44 bits per heavy atom. The summed E-state index contributed by atoms with van der Waals surface area (Å²) >= 11 is 0. The Bertz CT molecular complexity index is 377. The van der Waals surface area contributed by atoms with E-state index in [-0.39, 0.29) is 17.4 Å². The molecule has 0 aliphatic carbocycles. The molecule has 0 radical (unpaired) electrons. The first kappa shape index (κ1) is 15.1. The molecule has 0 saturated heterocycles. The SMILES string of the molecule is CCC(C)(C)N(C)CC(NC)c1ccccc1F. The average molecular weight is 252 g/mol. The summed E-state index contributed by atoms with van der Waals surface area (Å²) in [4.78, 5) is 2.28. The van der Waals surface area contributed by atoms with E-state index >= 15 is 0 Å². The van der Waals surface area contributed by atoms with Crippen molar-refractivity contribution >= 4 is 0 Å². The van der Waals surface area contributed by atoms with Crippen LogP contribution in [0.1, 0.15) is 38.8 Å². The molecule has 18 heavy (non-hydrogen) atoms. The van der Waals surface area contributed by atoms with E-state index in [1.165, 1.54) is 6.07 Å². The number of benzene rings is 1. The maximum absolute atomic E-state index is 13.8. The molecule has 1 atom stereocenters. The zero-order chi connectivity index (χ0) is 13.8. The van der Waals surface area contributed by atoms with Gasteiger partial charge in [0.25, 0.3) is 0 Å². The first-order valence-corrected chi connectivity index (χ1v) is 6.55. The summed E-state index contributed by atoms with van der Waals surface area (Å²) in [6.45, 7) is 7.38. The van der Waals surface area contributed by atoms with Crippen LogP contribution in [0.3, 0.4) is 0 Å². The average Bonchev–Trinajstić information content (AvgIpc) is 2.36. The van der Waals surface area contributed by atoms with E-state index in [9.17, 15) is 4.39 Å². The lowest BCUT2D eigenvalue weighted by Crippen LogP contribution is -2.44. The molecule has 2 nitrogen and oxygen atoms in total. The van der Waals surface area contributed by atoms with Gasteiger partial charge in [0.05, 0.1) is 0 Å². The number of rotatable bonds is 6. The molecular weight excluding hydrogens is 227 g/mol. The van der Waals surface area contributed by atoms with Gasteiger partial charge in [-0.15, -0.1) is 0 Å². The van der Waals surface area contributed by atoms with Crippen molar-refractivity contribution in [3.8, 4) is 0 Å². The molecule has 1 rings (SSSR count). The lowest BCUT2D eigenvalue weighted by molar-refractivity contribution is 0.136. The van der Waals surface area contributed by atoms with Gasteiger partial charge in [-0.2, -0.15) is 0 Å². The third-order valence-electron chi connectivity index (χ3n) is 3.98. The molecule has 1 unspecified atom stereocenters. The Labute approximate surface area is 110 Å². The molecule has 1 aromatic carbocycles. The molecule has 0 amide bonds. The third kappa shape index (κ3) is 3.53. The zero-order valence-electron chi connectivity index (χ0n) is 12.1. The molecule has 0 bridgehead atoms. The van der Waals surface area contributed by atoms with Crippen molar-refractivity contribution in [2.24, 2.45) is 0 Å². The molecule has 0 aliphatic rings. The topological polar surface area (TPSA) is 15.3 Å². The predicted molar refractivity (Wildman–Crippen MR) is 75.2 cm³/mol. The van der Waals surface area contributed by atoms with E-state index in [0.717, 1.165) is 18.5 Å². The van der Waals surface area contributed by atoms with Gasteiger partial charge in [-0.3, -0.25) is 4.90 Å². The first-order chi connectivity index (χ1) is 8.42. The van der Waals surface area contributed by atoms with Gasteiger partial charge in [0.15, 0.2) is 0 Å². The molecule has 0 aromatic heterocycles. The lowest BCUT2D eigenvalue weighted by Gasteiger charge is -2.37. The number of hydrogen-bond donors (Lipinski definition) is 1. The minimum atomic E-state index is -0.139. The predicted octanol–water partition coefficient (Wildman–Crippen LogP) is 3.21. The Morgan fingerprint density at radius 2 is 1.94 bits per heavy atom. The summed E-state index contributed by atoms with van der Waals surface area (Å²) in [5.41, 5.74) is 0.860. The fourth-order valence-electron chi connectivity index (χ4n) is 1.89. The molecule has 0 aliphatic heterocycles. The Kier molecular flexibility index (Phi) is 5.29. The molecule has 3 heteroatoms. The Hall–Kier alpha value is -0.930. The quantitative estimate of drug-likeness (QED) is 0.836. The lowest BCUT2D eigenvalue weighted by atomic mass is 9.97. The number of nitrogens with zero attached hydrogens (tertiary/aromatic N) is 1. The first-order valence-electron chi connectivity index (χ1n) is 6.55. The van der Waals surface area contributed by atoms with Crippen LogP contribution in [0.15, 0.2) is 24.3 Å². The number of hydrogen-bond acceptors (Lipinski definition) is 2. The van der Waals surface area contributed by atoms with Crippen LogP contribution in [0.2, 0.25) is 0 Å². The van der Waals surface area contributed by atoms with Crippen LogP contribution in [0, 0.1) is 5.82 Å². The van der Waals surface area contributed by atoms with Crippen LogP contribution in [0.25, 0.3) is 0 Å². The van der Waals surface area contributed by atoms with Crippen LogP contribution in [-0.4, -0.2) is 31.1 Å². The molecular formula is C15H25FN2. The summed E-state index contributed by atoms with van der Waals surface area (Å²) in [7, 11) is 3.97. The molecule has 1 aromatic rings. The van der Waals surface area contributed by atoms with E-state index in [4.69, 9.17) is 0 Å². The van der Waals surface area contributed by atoms with Crippen LogP contribution < -0.4 is 5.32 Å². The molecule has 0 heterocycles. The van der Waals surface area contributed by atoms with Gasteiger partial charge >= 0.3 is 0 Å². The summed E-state index contributed by atoms with van der Waals surface area (Å²) < 4.78 is 13.8. The third-order valence-corrected chi connectivity index (χ3v) is 3.98. The molecule has 0 spiro atoms. The van der Waals surface area contributed by atoms with Gasteiger partial charge in [0, 0.05) is 23.7 Å². The normalized spacial score (nSPS) is 13.9. The van der Waals surface area contributed by atoms with Crippen molar-refractivity contribution in [3.63, 3.8) is 0 Å². The zero-order valence-corrected chi connectivity index (χ0v) is 12.1. The van der Waals surface area contributed by atoms with Crippen molar-refractivity contribution < 1.29 is 4.39 Å². The fraction of sp³-hybridized carbons (Fsp3) is 0.600. The van der Waals surface area contributed by atoms with Gasteiger partial charge in [0.1, 0.15) is 5.82 Å². The Morgan fingerprint density at radius 1 is 1.33 bits per heavy atom. The molecule has 0 fully saturated rings. The van der Waals surface area contributed by atoms with Crippen LogP contribution in [0.5, 0.6) is 0 Å². The van der Waals surface area contributed by atoms with Gasteiger partial charge in [-0.05, 0) is 40.4 Å². The molecule has 0 saturated carbocycles. The van der Waals surface area contributed by atoms with Crippen LogP contribution in [-0.2, 0) is 0 Å². The van der Waals surface area contributed by atoms with Gasteiger partial charge in [-0.25, -0.2) is 4.39 Å². The summed E-state index contributed by atoms with van der Waals surface area (Å²) in [6.07, 6.45) is 1.07. The summed E-state index contributed by atoms with van der Waals surface area (Å²) in [5.74, 6) is -0.139. The maximum atomic E-state index is 13.8.